The molecule has 1 aromatic heterocycles. The fourth-order valence-electron chi connectivity index (χ4n) is 2.82. The van der Waals surface area contributed by atoms with E-state index in [4.69, 9.17) is 0 Å². The average Bonchev–Trinajstić information content (AvgIpc) is 2.66. The maximum absolute atomic E-state index is 13.4. The van der Waals surface area contributed by atoms with E-state index in [1.54, 1.807) is 0 Å². The number of hydrogen-bond acceptors (Lipinski definition) is 3. The van der Waals surface area contributed by atoms with Crippen molar-refractivity contribution in [3.63, 3.8) is 0 Å². The van der Waals surface area contributed by atoms with Gasteiger partial charge in [-0.25, -0.2) is 9.37 Å². The first-order chi connectivity index (χ1) is 10.1. The molecule has 0 radical (unpaired) electrons. The van der Waals surface area contributed by atoms with Gasteiger partial charge in [0.1, 0.15) is 11.6 Å². The highest BCUT2D eigenvalue weighted by molar-refractivity contribution is 5.98. The highest BCUT2D eigenvalue weighted by atomic mass is 19.1. The molecule has 5 heteroatoms. The highest BCUT2D eigenvalue weighted by Crippen LogP contribution is 2.23. The Balaban J connectivity index is 2.07. The van der Waals surface area contributed by atoms with Crippen molar-refractivity contribution in [1.82, 2.24) is 10.3 Å². The van der Waals surface area contributed by atoms with Crippen molar-refractivity contribution in [2.45, 2.75) is 52.0 Å². The molecule has 0 aliphatic heterocycles. The second-order valence-electron chi connectivity index (χ2n) is 5.86. The molecular formula is C16H24FN3O. The molecule has 1 saturated carbocycles. The van der Waals surface area contributed by atoms with Crippen LogP contribution in [0.5, 0.6) is 0 Å². The van der Waals surface area contributed by atoms with Crippen LogP contribution in [0.15, 0.2) is 12.3 Å². The van der Waals surface area contributed by atoms with E-state index in [-0.39, 0.29) is 17.5 Å². The number of anilines is 1. The van der Waals surface area contributed by atoms with E-state index < -0.39 is 5.82 Å². The molecule has 1 aliphatic rings. The van der Waals surface area contributed by atoms with E-state index in [9.17, 15) is 9.18 Å². The molecule has 0 spiro atoms. The van der Waals surface area contributed by atoms with Gasteiger partial charge in [0, 0.05) is 12.6 Å². The van der Waals surface area contributed by atoms with Crippen molar-refractivity contribution in [3.8, 4) is 0 Å². The molecule has 2 unspecified atom stereocenters. The molecule has 21 heavy (non-hydrogen) atoms. The zero-order valence-corrected chi connectivity index (χ0v) is 12.8. The second kappa shape index (κ2) is 7.38. The summed E-state index contributed by atoms with van der Waals surface area (Å²) < 4.78 is 13.4. The first kappa shape index (κ1) is 15.7. The number of carbonyl (C=O) groups excluding carboxylic acids is 1. The Morgan fingerprint density at radius 2 is 2.19 bits per heavy atom. The quantitative estimate of drug-likeness (QED) is 0.837. The van der Waals surface area contributed by atoms with Crippen LogP contribution in [0, 0.1) is 11.7 Å². The largest absolute Gasteiger partial charge is 0.370 e. The van der Waals surface area contributed by atoms with Gasteiger partial charge in [-0.1, -0.05) is 19.8 Å². The van der Waals surface area contributed by atoms with Crippen molar-refractivity contribution in [2.24, 2.45) is 5.92 Å². The third kappa shape index (κ3) is 4.41. The number of aromatic nitrogens is 1. The summed E-state index contributed by atoms with van der Waals surface area (Å²) in [5.41, 5.74) is 0.286. The number of nitrogens with zero attached hydrogens (tertiary/aromatic N) is 1. The summed E-state index contributed by atoms with van der Waals surface area (Å²) in [5.74, 6) is 0.437. The molecule has 1 aromatic rings. The Kier molecular flexibility index (Phi) is 5.53. The predicted octanol–water partition coefficient (Wildman–Crippen LogP) is 3.35. The van der Waals surface area contributed by atoms with Gasteiger partial charge in [-0.2, -0.15) is 0 Å². The summed E-state index contributed by atoms with van der Waals surface area (Å²) >= 11 is 0. The Morgan fingerprint density at radius 3 is 2.95 bits per heavy atom. The lowest BCUT2D eigenvalue weighted by Gasteiger charge is -2.17. The highest BCUT2D eigenvalue weighted by Gasteiger charge is 2.20. The molecule has 2 atom stereocenters. The van der Waals surface area contributed by atoms with Crippen LogP contribution in [0.2, 0.25) is 0 Å². The molecule has 0 bridgehead atoms. The van der Waals surface area contributed by atoms with Crippen LogP contribution in [0.25, 0.3) is 0 Å². The van der Waals surface area contributed by atoms with Crippen molar-refractivity contribution in [3.05, 3.63) is 23.6 Å². The number of nitrogens with one attached hydrogen (secondary N) is 2. The molecule has 1 aliphatic carbocycles. The summed E-state index contributed by atoms with van der Waals surface area (Å²) in [6, 6.07) is 1.43. The number of pyridine rings is 1. The van der Waals surface area contributed by atoms with Crippen LogP contribution in [0.1, 0.15) is 56.3 Å². The fourth-order valence-corrected chi connectivity index (χ4v) is 2.82. The van der Waals surface area contributed by atoms with Crippen molar-refractivity contribution in [1.29, 1.82) is 0 Å². The van der Waals surface area contributed by atoms with E-state index in [2.05, 4.69) is 22.5 Å². The molecular weight excluding hydrogens is 269 g/mol. The van der Waals surface area contributed by atoms with Gasteiger partial charge < -0.3 is 10.6 Å². The number of hydrogen-bond donors (Lipinski definition) is 2. The minimum absolute atomic E-state index is 0.181. The SMILES string of the molecule is CCNc1ncc(F)cc1C(=O)NC1CCCC(C)CC1. The topological polar surface area (TPSA) is 54.0 Å². The standard InChI is InChI=1S/C16H24FN3O/c1-3-18-15-14(9-12(17)10-19-15)16(21)20-13-6-4-5-11(2)7-8-13/h9-11,13H,3-8H2,1-2H3,(H,18,19)(H,20,21). The Hall–Kier alpha value is -1.65. The summed E-state index contributed by atoms with van der Waals surface area (Å²) in [5, 5.41) is 6.04. The van der Waals surface area contributed by atoms with E-state index in [1.807, 2.05) is 6.92 Å². The van der Waals surface area contributed by atoms with Crippen molar-refractivity contribution < 1.29 is 9.18 Å². The number of halogens is 1. The lowest BCUT2D eigenvalue weighted by atomic mass is 10.0. The number of rotatable bonds is 4. The van der Waals surface area contributed by atoms with Gasteiger partial charge in [-0.15, -0.1) is 0 Å². The van der Waals surface area contributed by atoms with Gasteiger partial charge in [0.25, 0.3) is 5.91 Å². The predicted molar refractivity (Wildman–Crippen MR) is 81.9 cm³/mol. The molecule has 0 aromatic carbocycles. The molecule has 2 N–H and O–H groups in total. The van der Waals surface area contributed by atoms with Gasteiger partial charge in [0.15, 0.2) is 0 Å². The van der Waals surface area contributed by atoms with Crippen molar-refractivity contribution in [2.75, 3.05) is 11.9 Å². The lowest BCUT2D eigenvalue weighted by Crippen LogP contribution is -2.35. The fraction of sp³-hybridized carbons (Fsp3) is 0.625. The summed E-state index contributed by atoms with van der Waals surface area (Å²) in [4.78, 5) is 16.4. The van der Waals surface area contributed by atoms with E-state index in [0.717, 1.165) is 37.8 Å². The van der Waals surface area contributed by atoms with Gasteiger partial charge >= 0.3 is 0 Å². The summed E-state index contributed by atoms with van der Waals surface area (Å²) in [6.45, 7) is 4.81. The van der Waals surface area contributed by atoms with E-state index in [1.165, 1.54) is 12.5 Å². The van der Waals surface area contributed by atoms with E-state index in [0.29, 0.717) is 12.4 Å². The van der Waals surface area contributed by atoms with Gasteiger partial charge in [-0.3, -0.25) is 4.79 Å². The van der Waals surface area contributed by atoms with Crippen LogP contribution in [0.3, 0.4) is 0 Å². The maximum Gasteiger partial charge on any atom is 0.255 e. The zero-order chi connectivity index (χ0) is 15.2. The summed E-state index contributed by atoms with van der Waals surface area (Å²) in [7, 11) is 0. The van der Waals surface area contributed by atoms with E-state index >= 15 is 0 Å². The average molecular weight is 293 g/mol. The zero-order valence-electron chi connectivity index (χ0n) is 12.8. The Bertz CT molecular complexity index is 492. The van der Waals surface area contributed by atoms with Crippen LogP contribution < -0.4 is 10.6 Å². The number of amides is 1. The van der Waals surface area contributed by atoms with Gasteiger partial charge in [-0.05, 0) is 38.2 Å². The molecule has 0 saturated heterocycles. The molecule has 1 amide bonds. The molecule has 4 nitrogen and oxygen atoms in total. The first-order valence-corrected chi connectivity index (χ1v) is 7.80. The third-order valence-electron chi connectivity index (χ3n) is 4.04. The van der Waals surface area contributed by atoms with Crippen LogP contribution >= 0.6 is 0 Å². The molecule has 1 heterocycles. The maximum atomic E-state index is 13.4. The Morgan fingerprint density at radius 1 is 1.38 bits per heavy atom. The molecule has 2 rings (SSSR count). The summed E-state index contributed by atoms with van der Waals surface area (Å²) in [6.07, 6.45) is 6.60. The lowest BCUT2D eigenvalue weighted by molar-refractivity contribution is 0.0933. The molecule has 1 fully saturated rings. The van der Waals surface area contributed by atoms with Crippen LogP contribution in [-0.2, 0) is 0 Å². The minimum Gasteiger partial charge on any atom is -0.370 e. The van der Waals surface area contributed by atoms with Crippen LogP contribution in [0.4, 0.5) is 10.2 Å². The smallest absolute Gasteiger partial charge is 0.255 e. The Labute approximate surface area is 125 Å². The monoisotopic (exact) mass is 293 g/mol. The first-order valence-electron chi connectivity index (χ1n) is 7.80. The minimum atomic E-state index is -0.490. The third-order valence-corrected chi connectivity index (χ3v) is 4.04. The molecule has 116 valence electrons. The van der Waals surface area contributed by atoms with Gasteiger partial charge in [0.2, 0.25) is 0 Å². The number of carbonyl (C=O) groups is 1. The normalized spacial score (nSPS) is 22.4. The van der Waals surface area contributed by atoms with Crippen LogP contribution in [-0.4, -0.2) is 23.5 Å². The second-order valence-corrected chi connectivity index (χ2v) is 5.86. The van der Waals surface area contributed by atoms with Gasteiger partial charge in [0.05, 0.1) is 11.8 Å². The van der Waals surface area contributed by atoms with Crippen molar-refractivity contribution >= 4 is 11.7 Å².